The predicted octanol–water partition coefficient (Wildman–Crippen LogP) is 14.3. The molecular weight excluding hydrogens is 885 g/mol. The van der Waals surface area contributed by atoms with Crippen LogP contribution in [0.15, 0.2) is 128 Å². The van der Waals surface area contributed by atoms with Crippen molar-refractivity contribution < 1.29 is 19.4 Å². The van der Waals surface area contributed by atoms with Crippen molar-refractivity contribution in [2.24, 2.45) is 0 Å². The Hall–Kier alpha value is -5.32. The number of para-hydroxylation sites is 2. The Labute approximate surface area is 377 Å². The Kier molecular flexibility index (Phi) is 13.2. The fourth-order valence-electron chi connectivity index (χ4n) is 7.19. The highest BCUT2D eigenvalue weighted by molar-refractivity contribution is 6.41. The third-order valence-electron chi connectivity index (χ3n) is 9.76. The second-order valence-corrected chi connectivity index (χ2v) is 15.8. The molecule has 0 spiro atoms. The maximum Gasteiger partial charge on any atom is 0.326 e. The quantitative estimate of drug-likeness (QED) is 0.126. The van der Waals surface area contributed by atoms with Gasteiger partial charge < -0.3 is 20.5 Å². The SMILES string of the molecule is C=CCOc1cc(-c2ccccc2Cl)c2c(c1)N(c1c(Cl)cccc1Cl)C(=O)NC2.C=CCc1c(O)cc2c(c1-c1ccccc1Cl)CNC(=O)N2c1c(Cl)cccc1Cl. The lowest BCUT2D eigenvalue weighted by atomic mass is 9.89. The lowest BCUT2D eigenvalue weighted by Crippen LogP contribution is -2.41. The maximum atomic E-state index is 12.9. The summed E-state index contributed by atoms with van der Waals surface area (Å²) in [5.41, 5.74) is 7.43. The van der Waals surface area contributed by atoms with E-state index in [1.807, 2.05) is 48.5 Å². The first kappa shape index (κ1) is 42.8. The van der Waals surface area contributed by atoms with E-state index in [0.717, 1.165) is 33.4 Å². The largest absolute Gasteiger partial charge is 0.508 e. The second-order valence-electron chi connectivity index (χ2n) is 13.4. The van der Waals surface area contributed by atoms with Gasteiger partial charge in [0.25, 0.3) is 0 Å². The maximum absolute atomic E-state index is 12.9. The highest BCUT2D eigenvalue weighted by Crippen LogP contribution is 2.49. The molecule has 2 heterocycles. The highest BCUT2D eigenvalue weighted by Gasteiger charge is 2.34. The Morgan fingerprint density at radius 3 is 1.60 bits per heavy atom. The van der Waals surface area contributed by atoms with E-state index in [9.17, 15) is 14.7 Å². The summed E-state index contributed by atoms with van der Waals surface area (Å²) in [6.07, 6.45) is 3.80. The number of carbonyl (C=O) groups excluding carboxylic acids is 2. The topological polar surface area (TPSA) is 94.1 Å². The first-order chi connectivity index (χ1) is 28.9. The van der Waals surface area contributed by atoms with Crippen LogP contribution in [0.1, 0.15) is 16.7 Å². The molecule has 0 atom stereocenters. The van der Waals surface area contributed by atoms with Gasteiger partial charge in [-0.25, -0.2) is 9.59 Å². The molecule has 4 amide bonds. The molecule has 2 aliphatic heterocycles. The van der Waals surface area contributed by atoms with Crippen molar-refractivity contribution in [3.63, 3.8) is 0 Å². The average Bonchev–Trinajstić information content (AvgIpc) is 3.22. The number of aromatic hydroxyl groups is 1. The van der Waals surface area contributed by atoms with Crippen molar-refractivity contribution in [2.75, 3.05) is 16.4 Å². The number of urea groups is 2. The first-order valence-corrected chi connectivity index (χ1v) is 20.6. The molecule has 60 heavy (non-hydrogen) atoms. The van der Waals surface area contributed by atoms with Crippen LogP contribution in [0, 0.1) is 0 Å². The molecule has 0 saturated carbocycles. The number of hydrogen-bond acceptors (Lipinski definition) is 4. The van der Waals surface area contributed by atoms with Crippen LogP contribution < -0.4 is 25.2 Å². The lowest BCUT2D eigenvalue weighted by Gasteiger charge is -2.33. The Morgan fingerprint density at radius 1 is 0.600 bits per heavy atom. The van der Waals surface area contributed by atoms with E-state index in [-0.39, 0.29) is 18.3 Å². The second kappa shape index (κ2) is 18.5. The Morgan fingerprint density at radius 2 is 1.08 bits per heavy atom. The number of allylic oxidation sites excluding steroid dienone is 1. The van der Waals surface area contributed by atoms with Gasteiger partial charge in [0.2, 0.25) is 0 Å². The number of amides is 4. The number of ether oxygens (including phenoxy) is 1. The standard InChI is InChI=1S/2C23H17Cl3N2O2/c1-2-10-30-14-11-16(15-6-3-4-7-18(15)24)17-13-27-23(29)28(21(17)12-14)22-19(25)8-5-9-20(22)26;1-2-6-14-20(29)11-19-15(21(14)13-7-3-4-8-16(13)24)12-27-23(30)28(19)22-17(25)9-5-10-18(22)26/h2-9,11-12H,1,10,13H2,(H,27,29);2-5,7-11,29H,1,6,12H2,(H,27,30). The molecule has 0 unspecified atom stereocenters. The van der Waals surface area contributed by atoms with Gasteiger partial charge in [0, 0.05) is 63.1 Å². The third-order valence-corrected chi connectivity index (χ3v) is 11.6. The van der Waals surface area contributed by atoms with E-state index < -0.39 is 6.03 Å². The molecule has 0 radical (unpaired) electrons. The minimum atomic E-state index is -0.390. The fourth-order valence-corrected chi connectivity index (χ4v) is 8.79. The van der Waals surface area contributed by atoms with Crippen LogP contribution in [0.25, 0.3) is 22.3 Å². The molecule has 6 aromatic carbocycles. The van der Waals surface area contributed by atoms with Crippen LogP contribution >= 0.6 is 69.6 Å². The van der Waals surface area contributed by atoms with Gasteiger partial charge in [-0.1, -0.05) is 137 Å². The number of anilines is 4. The number of rotatable bonds is 9. The zero-order valence-electron chi connectivity index (χ0n) is 31.5. The number of nitrogens with one attached hydrogen (secondary N) is 2. The molecule has 0 saturated heterocycles. The summed E-state index contributed by atoms with van der Waals surface area (Å²) >= 11 is 38.6. The number of carbonyl (C=O) groups is 2. The molecule has 3 N–H and O–H groups in total. The molecule has 6 aromatic rings. The Balaban J connectivity index is 0.000000181. The van der Waals surface area contributed by atoms with E-state index in [4.69, 9.17) is 74.3 Å². The summed E-state index contributed by atoms with van der Waals surface area (Å²) in [7, 11) is 0. The molecule has 0 aliphatic carbocycles. The highest BCUT2D eigenvalue weighted by atomic mass is 35.5. The zero-order chi connectivity index (χ0) is 42.7. The van der Waals surface area contributed by atoms with Gasteiger partial charge in [-0.3, -0.25) is 9.80 Å². The van der Waals surface area contributed by atoms with E-state index in [2.05, 4.69) is 23.8 Å². The fraction of sp³-hybridized carbons (Fsp3) is 0.0870. The third kappa shape index (κ3) is 8.37. The molecule has 0 bridgehead atoms. The first-order valence-electron chi connectivity index (χ1n) is 18.4. The number of phenolic OH excluding ortho intramolecular Hbond substituents is 1. The van der Waals surface area contributed by atoms with Gasteiger partial charge in [0.15, 0.2) is 0 Å². The normalized spacial score (nSPS) is 13.0. The van der Waals surface area contributed by atoms with Gasteiger partial charge in [-0.15, -0.1) is 6.58 Å². The summed E-state index contributed by atoms with van der Waals surface area (Å²) < 4.78 is 5.82. The smallest absolute Gasteiger partial charge is 0.326 e. The lowest BCUT2D eigenvalue weighted by molar-refractivity contribution is 0.246. The van der Waals surface area contributed by atoms with Crippen molar-refractivity contribution in [2.45, 2.75) is 19.5 Å². The summed E-state index contributed by atoms with van der Waals surface area (Å²) in [4.78, 5) is 28.7. The van der Waals surface area contributed by atoms with Gasteiger partial charge in [0.1, 0.15) is 18.1 Å². The van der Waals surface area contributed by atoms with Gasteiger partial charge in [-0.05, 0) is 60.0 Å². The summed E-state index contributed by atoms with van der Waals surface area (Å²) in [5, 5.41) is 19.2. The molecule has 8 nitrogen and oxygen atoms in total. The number of nitrogens with zero attached hydrogens (tertiary/aromatic N) is 2. The summed E-state index contributed by atoms with van der Waals surface area (Å²) in [6, 6.07) is 29.6. The van der Waals surface area contributed by atoms with Crippen LogP contribution in [-0.4, -0.2) is 23.8 Å². The number of halogens is 6. The molecule has 0 aromatic heterocycles. The molecular formula is C46H34Cl6N4O4. The minimum absolute atomic E-state index is 0.0337. The van der Waals surface area contributed by atoms with Crippen LogP contribution in [-0.2, 0) is 19.5 Å². The van der Waals surface area contributed by atoms with E-state index >= 15 is 0 Å². The number of phenols is 1. The van der Waals surface area contributed by atoms with Gasteiger partial charge in [-0.2, -0.15) is 0 Å². The van der Waals surface area contributed by atoms with E-state index in [0.29, 0.717) is 83.8 Å². The molecule has 8 rings (SSSR count). The van der Waals surface area contributed by atoms with Crippen LogP contribution in [0.2, 0.25) is 30.1 Å². The molecule has 2 aliphatic rings. The number of benzene rings is 6. The minimum Gasteiger partial charge on any atom is -0.508 e. The van der Waals surface area contributed by atoms with Gasteiger partial charge in [0.05, 0.1) is 42.8 Å². The molecule has 0 fully saturated rings. The summed E-state index contributed by atoms with van der Waals surface area (Å²) in [5.74, 6) is 0.609. The zero-order valence-corrected chi connectivity index (χ0v) is 36.1. The summed E-state index contributed by atoms with van der Waals surface area (Å²) in [6.45, 7) is 8.41. The monoisotopic (exact) mass is 916 g/mol. The number of fused-ring (bicyclic) bond motifs is 2. The van der Waals surface area contributed by atoms with Crippen molar-refractivity contribution in [1.82, 2.24) is 10.6 Å². The Bertz CT molecular complexity index is 2650. The van der Waals surface area contributed by atoms with Crippen LogP contribution in [0.5, 0.6) is 11.5 Å². The van der Waals surface area contributed by atoms with Crippen molar-refractivity contribution >= 4 is 104 Å². The number of hydrogen-bond donors (Lipinski definition) is 3. The van der Waals surface area contributed by atoms with E-state index in [1.165, 1.54) is 9.80 Å². The van der Waals surface area contributed by atoms with Gasteiger partial charge >= 0.3 is 12.1 Å². The van der Waals surface area contributed by atoms with Crippen LogP contribution in [0.3, 0.4) is 0 Å². The van der Waals surface area contributed by atoms with E-state index in [1.54, 1.807) is 66.7 Å². The average molecular weight is 920 g/mol. The van der Waals surface area contributed by atoms with Crippen molar-refractivity contribution in [3.05, 3.63) is 175 Å². The molecule has 304 valence electrons. The van der Waals surface area contributed by atoms with Crippen molar-refractivity contribution in [1.29, 1.82) is 0 Å². The molecule has 14 heteroatoms. The van der Waals surface area contributed by atoms with Crippen LogP contribution in [0.4, 0.5) is 32.3 Å². The van der Waals surface area contributed by atoms with Crippen molar-refractivity contribution in [3.8, 4) is 33.8 Å². The predicted molar refractivity (Wildman–Crippen MR) is 247 cm³/mol.